The van der Waals surface area contributed by atoms with E-state index < -0.39 is 41.1 Å². The molecule has 46 heavy (non-hydrogen) atoms. The Morgan fingerprint density at radius 3 is 2.20 bits per heavy atom. The molecule has 0 aromatic heterocycles. The van der Waals surface area contributed by atoms with Crippen LogP contribution in [0, 0.1) is 11.8 Å². The van der Waals surface area contributed by atoms with Gasteiger partial charge in [0.2, 0.25) is 35.4 Å². The average molecular weight is 663 g/mol. The van der Waals surface area contributed by atoms with Crippen molar-refractivity contribution in [2.45, 2.75) is 83.7 Å². The molecule has 1 aliphatic heterocycles. The number of likely N-dealkylation sites (N-methyl/N-ethyl adjacent to an activating group) is 1. The Morgan fingerprint density at radius 1 is 1.00 bits per heavy atom. The first-order valence-corrected chi connectivity index (χ1v) is 15.8. The van der Waals surface area contributed by atoms with E-state index in [1.165, 1.54) is 11.9 Å². The maximum Gasteiger partial charge on any atom is 0.410 e. The van der Waals surface area contributed by atoms with Crippen LogP contribution in [0.3, 0.4) is 0 Å². The average Bonchev–Trinajstić information content (AvgIpc) is 3.22. The van der Waals surface area contributed by atoms with E-state index in [1.807, 2.05) is 0 Å². The smallest absolute Gasteiger partial charge is 0.410 e. The van der Waals surface area contributed by atoms with E-state index in [4.69, 9.17) is 10.5 Å². The van der Waals surface area contributed by atoms with Crippen molar-refractivity contribution in [1.82, 2.24) is 20.4 Å². The third-order valence-corrected chi connectivity index (χ3v) is 7.83. The summed E-state index contributed by atoms with van der Waals surface area (Å²) in [5, 5.41) is 7.36. The molecule has 0 bridgehead atoms. The van der Waals surface area contributed by atoms with Crippen LogP contribution < -0.4 is 21.7 Å². The van der Waals surface area contributed by atoms with E-state index >= 15 is 0 Å². The van der Waals surface area contributed by atoms with Gasteiger partial charge in [-0.1, -0.05) is 46.2 Å². The topological polar surface area (TPSA) is 197 Å². The second-order valence-electron chi connectivity index (χ2n) is 11.9. The first-order valence-electron chi connectivity index (χ1n) is 15.3. The van der Waals surface area contributed by atoms with Crippen molar-refractivity contribution < 1.29 is 38.3 Å². The lowest BCUT2D eigenvalue weighted by Gasteiger charge is -2.27. The minimum atomic E-state index is -0.840. The zero-order valence-electron chi connectivity index (χ0n) is 27.0. The fraction of sp³-hybridized carbons (Fsp3) is 0.581. The molecule has 7 amide bonds. The summed E-state index contributed by atoms with van der Waals surface area (Å²) >= 11 is 4.10. The largest absolute Gasteiger partial charge is 0.445 e. The monoisotopic (exact) mass is 662 g/mol. The van der Waals surface area contributed by atoms with Crippen molar-refractivity contribution in [2.24, 2.45) is 17.6 Å². The van der Waals surface area contributed by atoms with E-state index in [9.17, 15) is 33.6 Å². The molecule has 0 radical (unpaired) electrons. The van der Waals surface area contributed by atoms with Gasteiger partial charge >= 0.3 is 6.09 Å². The number of nitrogens with one attached hydrogen (secondary N) is 3. The van der Waals surface area contributed by atoms with Crippen LogP contribution >= 0.6 is 12.6 Å². The maximum absolute atomic E-state index is 12.8. The van der Waals surface area contributed by atoms with Gasteiger partial charge in [0.15, 0.2) is 0 Å². The summed E-state index contributed by atoms with van der Waals surface area (Å²) in [5.41, 5.74) is 6.50. The number of rotatable bonds is 17. The number of carbonyl (C=O) groups is 7. The fourth-order valence-corrected chi connectivity index (χ4v) is 5.20. The molecule has 1 saturated heterocycles. The molecule has 1 fully saturated rings. The van der Waals surface area contributed by atoms with E-state index in [1.54, 1.807) is 52.0 Å². The highest BCUT2D eigenvalue weighted by molar-refractivity contribution is 7.81. The number of ether oxygens (including phenoxy) is 1. The first-order chi connectivity index (χ1) is 21.6. The molecular weight excluding hydrogens is 616 g/mol. The number of hydrogen-bond acceptors (Lipinski definition) is 9. The fourth-order valence-electron chi connectivity index (χ4n) is 4.91. The Morgan fingerprint density at radius 2 is 1.65 bits per heavy atom. The van der Waals surface area contributed by atoms with Crippen LogP contribution in [-0.4, -0.2) is 88.8 Å². The van der Waals surface area contributed by atoms with Crippen molar-refractivity contribution >= 4 is 59.9 Å². The van der Waals surface area contributed by atoms with Gasteiger partial charge in [-0.05, 0) is 42.4 Å². The minimum absolute atomic E-state index is 0.0588. The number of anilines is 1. The SMILES string of the molecule is CC(C)C(NC(=O)CCCCCN1C(=O)CC(S)C1=O)C(=O)NCC(=O)Nc1ccc(COC(=O)N(C)C(C(N)=O)C(C)C)cc1. The van der Waals surface area contributed by atoms with E-state index in [2.05, 4.69) is 28.6 Å². The summed E-state index contributed by atoms with van der Waals surface area (Å²) in [7, 11) is 1.44. The summed E-state index contributed by atoms with van der Waals surface area (Å²) < 4.78 is 5.28. The summed E-state index contributed by atoms with van der Waals surface area (Å²) in [4.78, 5) is 87.8. The third kappa shape index (κ3) is 11.7. The molecular formula is C31H46N6O8S. The lowest BCUT2D eigenvalue weighted by molar-refractivity contribution is -0.138. The Kier molecular flexibility index (Phi) is 15.0. The summed E-state index contributed by atoms with van der Waals surface area (Å²) in [6.07, 6.45) is 1.30. The Balaban J connectivity index is 1.73. The van der Waals surface area contributed by atoms with Gasteiger partial charge in [-0.25, -0.2) is 4.79 Å². The standard InChI is InChI=1S/C31H46N6O8S/c1-18(2)26(35-23(38)9-7-6-8-14-37-25(40)15-22(46)30(37)43)29(42)33-16-24(39)34-21-12-10-20(11-13-21)17-45-31(44)36(5)27(19(3)4)28(32)41/h10-13,18-19,22,26-27,46H,6-9,14-17H2,1-5H3,(H2,32,41)(H,33,42)(H,34,39)(H,35,38). The van der Waals surface area contributed by atoms with Crippen molar-refractivity contribution in [3.05, 3.63) is 29.8 Å². The van der Waals surface area contributed by atoms with Gasteiger partial charge in [0, 0.05) is 32.1 Å². The number of amides is 7. The number of likely N-dealkylation sites (tertiary alicyclic amines) is 1. The quantitative estimate of drug-likeness (QED) is 0.0941. The predicted molar refractivity (Wildman–Crippen MR) is 173 cm³/mol. The molecule has 1 aromatic carbocycles. The van der Waals surface area contributed by atoms with Crippen LogP contribution in [0.1, 0.15) is 65.4 Å². The molecule has 3 unspecified atom stereocenters. The second-order valence-corrected chi connectivity index (χ2v) is 12.5. The van der Waals surface area contributed by atoms with Gasteiger partial charge in [0.05, 0.1) is 11.8 Å². The lowest BCUT2D eigenvalue weighted by Crippen LogP contribution is -2.51. The number of primary amides is 1. The van der Waals surface area contributed by atoms with Crippen molar-refractivity contribution in [3.8, 4) is 0 Å². The Bertz CT molecular complexity index is 1270. The van der Waals surface area contributed by atoms with Crippen LogP contribution in [0.4, 0.5) is 10.5 Å². The summed E-state index contributed by atoms with van der Waals surface area (Å²) in [5.74, 6) is -2.85. The van der Waals surface area contributed by atoms with Crippen molar-refractivity contribution in [2.75, 3.05) is 25.5 Å². The molecule has 1 aromatic rings. The van der Waals surface area contributed by atoms with Gasteiger partial charge in [0.25, 0.3) is 0 Å². The zero-order chi connectivity index (χ0) is 34.6. The van der Waals surface area contributed by atoms with Crippen LogP contribution in [-0.2, 0) is 40.1 Å². The van der Waals surface area contributed by atoms with Crippen LogP contribution in [0.15, 0.2) is 24.3 Å². The van der Waals surface area contributed by atoms with Gasteiger partial charge < -0.3 is 26.4 Å². The molecule has 14 nitrogen and oxygen atoms in total. The predicted octanol–water partition coefficient (Wildman–Crippen LogP) is 1.58. The van der Waals surface area contributed by atoms with Crippen LogP contribution in [0.25, 0.3) is 0 Å². The number of imide groups is 1. The molecule has 3 atom stereocenters. The minimum Gasteiger partial charge on any atom is -0.445 e. The Hall–Kier alpha value is -4.14. The van der Waals surface area contributed by atoms with E-state index in [-0.39, 0.29) is 55.6 Å². The highest BCUT2D eigenvalue weighted by Crippen LogP contribution is 2.19. The third-order valence-electron chi connectivity index (χ3n) is 7.42. The highest BCUT2D eigenvalue weighted by Gasteiger charge is 2.35. The molecule has 254 valence electrons. The van der Waals surface area contributed by atoms with E-state index in [0.29, 0.717) is 37.1 Å². The summed E-state index contributed by atoms with van der Waals surface area (Å²) in [6, 6.07) is 4.89. The normalized spacial score (nSPS) is 15.8. The number of thiol groups is 1. The van der Waals surface area contributed by atoms with Crippen molar-refractivity contribution in [1.29, 1.82) is 0 Å². The molecule has 15 heteroatoms. The number of nitrogens with two attached hydrogens (primary N) is 1. The number of hydrogen-bond donors (Lipinski definition) is 5. The number of nitrogens with zero attached hydrogens (tertiary/aromatic N) is 2. The molecule has 5 N–H and O–H groups in total. The lowest BCUT2D eigenvalue weighted by atomic mass is 10.0. The molecule has 1 aliphatic rings. The first kappa shape index (κ1) is 38.0. The second kappa shape index (κ2) is 18.1. The van der Waals surface area contributed by atoms with Gasteiger partial charge in [0.1, 0.15) is 18.7 Å². The molecule has 1 heterocycles. The van der Waals surface area contributed by atoms with E-state index in [0.717, 1.165) is 4.90 Å². The van der Waals surface area contributed by atoms with Crippen LogP contribution in [0.5, 0.6) is 0 Å². The van der Waals surface area contributed by atoms with Gasteiger partial charge in [-0.2, -0.15) is 12.6 Å². The molecule has 2 rings (SSSR count). The maximum atomic E-state index is 12.8. The number of unbranched alkanes of at least 4 members (excludes halogenated alkanes) is 2. The van der Waals surface area contributed by atoms with Crippen LogP contribution in [0.2, 0.25) is 0 Å². The number of carbonyl (C=O) groups excluding carboxylic acids is 7. The van der Waals surface area contributed by atoms with Gasteiger partial charge in [-0.15, -0.1) is 0 Å². The number of benzene rings is 1. The van der Waals surface area contributed by atoms with Crippen molar-refractivity contribution in [3.63, 3.8) is 0 Å². The van der Waals surface area contributed by atoms with Gasteiger partial charge in [-0.3, -0.25) is 38.6 Å². The zero-order valence-corrected chi connectivity index (χ0v) is 27.9. The summed E-state index contributed by atoms with van der Waals surface area (Å²) in [6.45, 7) is 7.02. The molecule has 0 saturated carbocycles. The highest BCUT2D eigenvalue weighted by atomic mass is 32.1. The molecule has 0 spiro atoms. The Labute approximate surface area is 274 Å². The molecule has 0 aliphatic carbocycles.